The second-order valence-electron chi connectivity index (χ2n) is 9.88. The van der Waals surface area contributed by atoms with Gasteiger partial charge in [0.15, 0.2) is 0 Å². The number of hydrogen-bond acceptors (Lipinski definition) is 3. The molecular formula is C29H49N3O2. The maximum absolute atomic E-state index is 12.5. The molecule has 0 aromatic heterocycles. The highest BCUT2D eigenvalue weighted by Gasteiger charge is 2.19. The topological polar surface area (TPSA) is 61.4 Å². The number of anilines is 1. The molecule has 0 aliphatic carbocycles. The first-order chi connectivity index (χ1) is 16.7. The molecule has 1 aliphatic heterocycles. The van der Waals surface area contributed by atoms with E-state index in [2.05, 4.69) is 17.6 Å². The number of carbonyl (C=O) groups excluding carboxylic acids is 2. The van der Waals surface area contributed by atoms with E-state index in [9.17, 15) is 9.59 Å². The van der Waals surface area contributed by atoms with Crippen molar-refractivity contribution in [2.24, 2.45) is 0 Å². The van der Waals surface area contributed by atoms with Gasteiger partial charge in [0.1, 0.15) is 0 Å². The van der Waals surface area contributed by atoms with E-state index < -0.39 is 0 Å². The van der Waals surface area contributed by atoms with Gasteiger partial charge in [-0.2, -0.15) is 0 Å². The van der Waals surface area contributed by atoms with Crippen molar-refractivity contribution in [3.05, 3.63) is 29.8 Å². The lowest BCUT2D eigenvalue weighted by molar-refractivity contribution is -0.119. The summed E-state index contributed by atoms with van der Waals surface area (Å²) in [6.07, 6.45) is 20.9. The van der Waals surface area contributed by atoms with E-state index in [-0.39, 0.29) is 18.4 Å². The fourth-order valence-corrected chi connectivity index (χ4v) is 4.66. The number of nitrogens with one attached hydrogen (secondary N) is 2. The van der Waals surface area contributed by atoms with Crippen LogP contribution in [0.25, 0.3) is 0 Å². The Balaban J connectivity index is 1.42. The van der Waals surface area contributed by atoms with Gasteiger partial charge in [-0.25, -0.2) is 0 Å². The van der Waals surface area contributed by atoms with Crippen LogP contribution < -0.4 is 10.6 Å². The Hall–Kier alpha value is -2.04. The number of nitrogens with zero attached hydrogens (tertiary/aromatic N) is 1. The zero-order chi connectivity index (χ0) is 24.3. The van der Waals surface area contributed by atoms with Crippen LogP contribution >= 0.6 is 0 Å². The number of unbranched alkanes of at least 4 members (excludes halogenated alkanes) is 13. The van der Waals surface area contributed by atoms with Crippen LogP contribution in [-0.4, -0.2) is 42.9 Å². The lowest BCUT2D eigenvalue weighted by Crippen LogP contribution is -2.30. The molecule has 2 N–H and O–H groups in total. The molecule has 0 spiro atoms. The summed E-state index contributed by atoms with van der Waals surface area (Å²) in [6.45, 7) is 4.94. The minimum Gasteiger partial charge on any atom is -0.376 e. The average molecular weight is 472 g/mol. The number of rotatable bonds is 19. The van der Waals surface area contributed by atoms with Crippen LogP contribution in [0.1, 0.15) is 120 Å². The van der Waals surface area contributed by atoms with Crippen molar-refractivity contribution in [1.82, 2.24) is 10.2 Å². The highest BCUT2D eigenvalue weighted by atomic mass is 16.2. The molecule has 192 valence electrons. The number of amides is 2. The third kappa shape index (κ3) is 12.4. The first-order valence-corrected chi connectivity index (χ1v) is 14.1. The molecule has 5 nitrogen and oxygen atoms in total. The highest BCUT2D eigenvalue weighted by Crippen LogP contribution is 2.16. The summed E-state index contributed by atoms with van der Waals surface area (Å²) in [4.78, 5) is 26.6. The molecular weight excluding hydrogens is 422 g/mol. The summed E-state index contributed by atoms with van der Waals surface area (Å²) in [5, 5.41) is 6.15. The molecule has 0 radical (unpaired) electrons. The monoisotopic (exact) mass is 471 g/mol. The molecule has 1 aromatic rings. The van der Waals surface area contributed by atoms with Gasteiger partial charge < -0.3 is 15.5 Å². The van der Waals surface area contributed by atoms with Crippen LogP contribution in [0.2, 0.25) is 0 Å². The predicted molar refractivity (Wildman–Crippen MR) is 143 cm³/mol. The van der Waals surface area contributed by atoms with Crippen molar-refractivity contribution < 1.29 is 9.59 Å². The third-order valence-corrected chi connectivity index (χ3v) is 6.81. The maximum Gasteiger partial charge on any atom is 0.253 e. The van der Waals surface area contributed by atoms with E-state index in [1.165, 1.54) is 83.5 Å². The fraction of sp³-hybridized carbons (Fsp3) is 0.724. The van der Waals surface area contributed by atoms with Crippen molar-refractivity contribution in [3.63, 3.8) is 0 Å². The standard InChI is InChI=1S/C29H49N3O2/c1-2-3-4-5-6-7-8-9-10-11-12-13-14-15-21-30-28(33)25-31-27-20-18-19-26(24-27)29(34)32-22-16-17-23-32/h18-20,24,31H,2-17,21-23,25H2,1H3,(H,30,33). The average Bonchev–Trinajstić information content (AvgIpc) is 3.40. The Kier molecular flexibility index (Phi) is 15.2. The van der Waals surface area contributed by atoms with Crippen molar-refractivity contribution >= 4 is 17.5 Å². The Bertz CT molecular complexity index is 686. The summed E-state index contributed by atoms with van der Waals surface area (Å²) >= 11 is 0. The van der Waals surface area contributed by atoms with Crippen LogP contribution in [0.5, 0.6) is 0 Å². The lowest BCUT2D eigenvalue weighted by Gasteiger charge is -2.16. The Morgan fingerprint density at radius 2 is 1.35 bits per heavy atom. The number of benzene rings is 1. The first-order valence-electron chi connectivity index (χ1n) is 14.1. The second-order valence-corrected chi connectivity index (χ2v) is 9.88. The van der Waals surface area contributed by atoms with Gasteiger partial charge in [0.05, 0.1) is 6.54 Å². The maximum atomic E-state index is 12.5. The Morgan fingerprint density at radius 3 is 1.94 bits per heavy atom. The fourth-order valence-electron chi connectivity index (χ4n) is 4.66. The molecule has 2 amide bonds. The SMILES string of the molecule is CCCCCCCCCCCCCCCCNC(=O)CNc1cccc(C(=O)N2CCCC2)c1. The van der Waals surface area contributed by atoms with E-state index in [1.807, 2.05) is 29.2 Å². The van der Waals surface area contributed by atoms with Crippen LogP contribution in [0.4, 0.5) is 5.69 Å². The zero-order valence-corrected chi connectivity index (χ0v) is 21.7. The van der Waals surface area contributed by atoms with Gasteiger partial charge in [0.2, 0.25) is 5.91 Å². The van der Waals surface area contributed by atoms with Gasteiger partial charge in [-0.05, 0) is 37.5 Å². The number of hydrogen-bond donors (Lipinski definition) is 2. The van der Waals surface area contributed by atoms with E-state index in [4.69, 9.17) is 0 Å². The quantitative estimate of drug-likeness (QED) is 0.215. The second kappa shape index (κ2) is 18.3. The molecule has 0 bridgehead atoms. The summed E-state index contributed by atoms with van der Waals surface area (Å²) in [6, 6.07) is 7.48. The molecule has 0 saturated carbocycles. The van der Waals surface area contributed by atoms with Gasteiger partial charge in [-0.15, -0.1) is 0 Å². The molecule has 34 heavy (non-hydrogen) atoms. The van der Waals surface area contributed by atoms with E-state index in [0.717, 1.165) is 44.6 Å². The molecule has 2 rings (SSSR count). The van der Waals surface area contributed by atoms with Crippen molar-refractivity contribution in [2.75, 3.05) is 31.5 Å². The molecule has 1 aliphatic rings. The van der Waals surface area contributed by atoms with Crippen LogP contribution in [0.15, 0.2) is 24.3 Å². The Morgan fingerprint density at radius 1 is 0.794 bits per heavy atom. The largest absolute Gasteiger partial charge is 0.376 e. The molecule has 1 fully saturated rings. The van der Waals surface area contributed by atoms with Crippen LogP contribution in [0, 0.1) is 0 Å². The van der Waals surface area contributed by atoms with Gasteiger partial charge in [-0.3, -0.25) is 9.59 Å². The minimum atomic E-state index is 0.00552. The van der Waals surface area contributed by atoms with Crippen molar-refractivity contribution in [1.29, 1.82) is 0 Å². The normalized spacial score (nSPS) is 13.3. The van der Waals surface area contributed by atoms with E-state index in [0.29, 0.717) is 5.56 Å². The lowest BCUT2D eigenvalue weighted by atomic mass is 10.0. The minimum absolute atomic E-state index is 0.00552. The van der Waals surface area contributed by atoms with Gasteiger partial charge >= 0.3 is 0 Å². The zero-order valence-electron chi connectivity index (χ0n) is 21.7. The van der Waals surface area contributed by atoms with Crippen LogP contribution in [-0.2, 0) is 4.79 Å². The van der Waals surface area contributed by atoms with E-state index in [1.54, 1.807) is 0 Å². The molecule has 5 heteroatoms. The van der Waals surface area contributed by atoms with Crippen LogP contribution in [0.3, 0.4) is 0 Å². The molecule has 1 saturated heterocycles. The van der Waals surface area contributed by atoms with Crippen molar-refractivity contribution in [2.45, 2.75) is 110 Å². The smallest absolute Gasteiger partial charge is 0.253 e. The molecule has 1 aromatic carbocycles. The summed E-state index contributed by atoms with van der Waals surface area (Å²) < 4.78 is 0. The van der Waals surface area contributed by atoms with Gasteiger partial charge in [-0.1, -0.05) is 96.5 Å². The summed E-state index contributed by atoms with van der Waals surface area (Å²) in [5.74, 6) is 0.0920. The predicted octanol–water partition coefficient (Wildman–Crippen LogP) is 6.93. The molecule has 0 unspecified atom stereocenters. The summed E-state index contributed by atoms with van der Waals surface area (Å²) in [7, 11) is 0. The third-order valence-electron chi connectivity index (χ3n) is 6.81. The van der Waals surface area contributed by atoms with Gasteiger partial charge in [0.25, 0.3) is 5.91 Å². The number of likely N-dealkylation sites (tertiary alicyclic amines) is 1. The van der Waals surface area contributed by atoms with Gasteiger partial charge in [0, 0.05) is 30.9 Å². The van der Waals surface area contributed by atoms with Crippen molar-refractivity contribution in [3.8, 4) is 0 Å². The van der Waals surface area contributed by atoms with E-state index >= 15 is 0 Å². The first kappa shape index (κ1) is 28.2. The number of carbonyl (C=O) groups is 2. The highest BCUT2D eigenvalue weighted by molar-refractivity contribution is 5.95. The molecule has 0 atom stereocenters. The Labute approximate surface area is 208 Å². The summed E-state index contributed by atoms with van der Waals surface area (Å²) in [5.41, 5.74) is 1.51. The molecule has 1 heterocycles.